The van der Waals surface area contributed by atoms with Gasteiger partial charge in [-0.2, -0.15) is 0 Å². The average Bonchev–Trinajstić information content (AvgIpc) is 2.52. The molecule has 2 heteroatoms. The van der Waals surface area contributed by atoms with Crippen molar-refractivity contribution in [2.75, 3.05) is 0 Å². The maximum Gasteiger partial charge on any atom is 0.334 e. The summed E-state index contributed by atoms with van der Waals surface area (Å²) in [5.41, 5.74) is 1.12. The van der Waals surface area contributed by atoms with Gasteiger partial charge in [0.1, 0.15) is 6.10 Å². The van der Waals surface area contributed by atoms with Crippen LogP contribution in [0, 0.1) is 23.2 Å². The second-order valence-electron chi connectivity index (χ2n) is 6.65. The second-order valence-corrected chi connectivity index (χ2v) is 6.65. The molecule has 2 saturated carbocycles. The molecule has 0 N–H and O–H groups in total. The minimum Gasteiger partial charge on any atom is -0.458 e. The monoisotopic (exact) mass is 234 g/mol. The van der Waals surface area contributed by atoms with Crippen LogP contribution in [0.5, 0.6) is 0 Å². The maximum atomic E-state index is 11.6. The summed E-state index contributed by atoms with van der Waals surface area (Å²) in [4.78, 5) is 11.6. The first-order chi connectivity index (χ1) is 8.01. The number of rotatable bonds is 0. The number of hydrogen-bond acceptors (Lipinski definition) is 2. The zero-order valence-corrected chi connectivity index (χ0v) is 10.9. The van der Waals surface area contributed by atoms with E-state index in [-0.39, 0.29) is 12.1 Å². The maximum absolute atomic E-state index is 11.6. The lowest BCUT2D eigenvalue weighted by atomic mass is 9.54. The van der Waals surface area contributed by atoms with E-state index in [2.05, 4.69) is 20.4 Å². The Balaban J connectivity index is 1.88. The van der Waals surface area contributed by atoms with Crippen molar-refractivity contribution < 1.29 is 9.53 Å². The number of carbonyl (C=O) groups excluding carboxylic acids is 1. The zero-order valence-electron chi connectivity index (χ0n) is 10.9. The predicted molar refractivity (Wildman–Crippen MR) is 66.4 cm³/mol. The molecule has 5 atom stereocenters. The van der Waals surface area contributed by atoms with Crippen LogP contribution in [0.1, 0.15) is 46.0 Å². The van der Waals surface area contributed by atoms with Crippen molar-refractivity contribution in [2.24, 2.45) is 23.2 Å². The van der Waals surface area contributed by atoms with Gasteiger partial charge in [-0.25, -0.2) is 4.79 Å². The van der Waals surface area contributed by atoms with Gasteiger partial charge in [0.25, 0.3) is 0 Å². The molecule has 1 heterocycles. The fraction of sp³-hybridized carbons (Fsp3) is 0.800. The van der Waals surface area contributed by atoms with Gasteiger partial charge in [0, 0.05) is 11.5 Å². The van der Waals surface area contributed by atoms with Gasteiger partial charge in [-0.1, -0.05) is 33.3 Å². The number of esters is 1. The minimum atomic E-state index is -0.144. The van der Waals surface area contributed by atoms with Crippen molar-refractivity contribution in [2.45, 2.75) is 52.1 Å². The smallest absolute Gasteiger partial charge is 0.334 e. The summed E-state index contributed by atoms with van der Waals surface area (Å²) in [6, 6.07) is 0. The molecule has 1 aliphatic heterocycles. The van der Waals surface area contributed by atoms with Gasteiger partial charge in [0.05, 0.1) is 0 Å². The average molecular weight is 234 g/mol. The van der Waals surface area contributed by atoms with E-state index in [1.807, 2.05) is 0 Å². The van der Waals surface area contributed by atoms with E-state index in [1.54, 1.807) is 0 Å². The highest BCUT2D eigenvalue weighted by atomic mass is 16.6. The van der Waals surface area contributed by atoms with Gasteiger partial charge in [-0.15, -0.1) is 0 Å². The summed E-state index contributed by atoms with van der Waals surface area (Å²) in [7, 11) is 0. The Morgan fingerprint density at radius 1 is 1.47 bits per heavy atom. The third-order valence-electron chi connectivity index (χ3n) is 5.58. The molecule has 0 aromatic heterocycles. The van der Waals surface area contributed by atoms with Gasteiger partial charge >= 0.3 is 5.97 Å². The van der Waals surface area contributed by atoms with Crippen molar-refractivity contribution in [1.82, 2.24) is 0 Å². The van der Waals surface area contributed by atoms with E-state index < -0.39 is 0 Å². The number of ether oxygens (including phenoxy) is 1. The van der Waals surface area contributed by atoms with Crippen LogP contribution in [0.4, 0.5) is 0 Å². The van der Waals surface area contributed by atoms with Crippen LogP contribution >= 0.6 is 0 Å². The standard InChI is InChI=1S/C15H22O2/c1-9-5-4-6-15(3)8-13-11(7-12(9)15)10(2)14(16)17-13/h9,11-13H,2,4-8H2,1,3H3/t9-,11+,12?,13+,15+/m0/s1. The van der Waals surface area contributed by atoms with Gasteiger partial charge < -0.3 is 4.74 Å². The molecule has 3 rings (SSSR count). The molecule has 0 aromatic rings. The normalized spacial score (nSPS) is 49.5. The summed E-state index contributed by atoms with van der Waals surface area (Å²) < 4.78 is 5.49. The summed E-state index contributed by atoms with van der Waals surface area (Å²) in [5.74, 6) is 1.71. The highest BCUT2D eigenvalue weighted by Crippen LogP contribution is 2.56. The molecular weight excluding hydrogens is 212 g/mol. The molecule has 0 radical (unpaired) electrons. The van der Waals surface area contributed by atoms with Crippen molar-refractivity contribution in [1.29, 1.82) is 0 Å². The Labute approximate surface area is 103 Å². The number of fused-ring (bicyclic) bond motifs is 2. The molecule has 0 bridgehead atoms. The molecule has 17 heavy (non-hydrogen) atoms. The van der Waals surface area contributed by atoms with Gasteiger partial charge in [0.2, 0.25) is 0 Å². The highest BCUT2D eigenvalue weighted by molar-refractivity contribution is 5.90. The SMILES string of the molecule is C=C1C(=O)O[C@@H]2C[C@@]3(C)CCC[C@H](C)C3C[C@H]12. The van der Waals surface area contributed by atoms with Crippen LogP contribution in [0.2, 0.25) is 0 Å². The number of hydrogen-bond donors (Lipinski definition) is 0. The molecule has 2 nitrogen and oxygen atoms in total. The van der Waals surface area contributed by atoms with Crippen LogP contribution in [0.3, 0.4) is 0 Å². The first kappa shape index (κ1) is 11.3. The topological polar surface area (TPSA) is 26.3 Å². The Kier molecular flexibility index (Phi) is 2.39. The van der Waals surface area contributed by atoms with Crippen LogP contribution in [-0.2, 0) is 9.53 Å². The highest BCUT2D eigenvalue weighted by Gasteiger charge is 2.53. The first-order valence-corrected chi connectivity index (χ1v) is 6.91. The Bertz CT molecular complexity index is 373. The van der Waals surface area contributed by atoms with E-state index in [0.29, 0.717) is 11.3 Å². The molecule has 0 aromatic carbocycles. The molecule has 2 aliphatic carbocycles. The predicted octanol–water partition coefficient (Wildman–Crippen LogP) is 3.32. The molecule has 0 amide bonds. The Morgan fingerprint density at radius 2 is 2.24 bits per heavy atom. The van der Waals surface area contributed by atoms with Crippen LogP contribution in [0.15, 0.2) is 12.2 Å². The Hall–Kier alpha value is -0.790. The first-order valence-electron chi connectivity index (χ1n) is 6.91. The zero-order chi connectivity index (χ0) is 12.2. The minimum absolute atomic E-state index is 0.126. The molecule has 1 saturated heterocycles. The molecule has 3 aliphatic rings. The van der Waals surface area contributed by atoms with E-state index in [9.17, 15) is 4.79 Å². The molecule has 0 spiro atoms. The summed E-state index contributed by atoms with van der Waals surface area (Å²) in [6.07, 6.45) is 6.28. The summed E-state index contributed by atoms with van der Waals surface area (Å²) in [6.45, 7) is 8.71. The van der Waals surface area contributed by atoms with Crippen molar-refractivity contribution in [3.63, 3.8) is 0 Å². The largest absolute Gasteiger partial charge is 0.458 e. The molecular formula is C15H22O2. The van der Waals surface area contributed by atoms with Crippen LogP contribution in [-0.4, -0.2) is 12.1 Å². The van der Waals surface area contributed by atoms with Crippen molar-refractivity contribution in [3.05, 3.63) is 12.2 Å². The van der Waals surface area contributed by atoms with E-state index in [0.717, 1.165) is 30.3 Å². The van der Waals surface area contributed by atoms with Crippen molar-refractivity contribution >= 4 is 5.97 Å². The van der Waals surface area contributed by atoms with Crippen molar-refractivity contribution in [3.8, 4) is 0 Å². The summed E-state index contributed by atoms with van der Waals surface area (Å²) >= 11 is 0. The molecule has 3 fully saturated rings. The lowest BCUT2D eigenvalue weighted by molar-refractivity contribution is -0.143. The fourth-order valence-corrected chi connectivity index (χ4v) is 4.55. The quantitative estimate of drug-likeness (QED) is 0.475. The molecule has 1 unspecified atom stereocenters. The lowest BCUT2D eigenvalue weighted by Crippen LogP contribution is -2.45. The van der Waals surface area contributed by atoms with E-state index >= 15 is 0 Å². The molecule has 94 valence electrons. The number of carbonyl (C=O) groups is 1. The van der Waals surface area contributed by atoms with Crippen LogP contribution in [0.25, 0.3) is 0 Å². The van der Waals surface area contributed by atoms with Gasteiger partial charge in [0.15, 0.2) is 0 Å². The fourth-order valence-electron chi connectivity index (χ4n) is 4.55. The third-order valence-corrected chi connectivity index (χ3v) is 5.58. The van der Waals surface area contributed by atoms with E-state index in [1.165, 1.54) is 19.3 Å². The van der Waals surface area contributed by atoms with Gasteiger partial charge in [-0.3, -0.25) is 0 Å². The third kappa shape index (κ3) is 1.56. The van der Waals surface area contributed by atoms with Crippen LogP contribution < -0.4 is 0 Å². The van der Waals surface area contributed by atoms with Gasteiger partial charge in [-0.05, 0) is 36.5 Å². The Morgan fingerprint density at radius 3 is 3.00 bits per heavy atom. The van der Waals surface area contributed by atoms with E-state index in [4.69, 9.17) is 4.74 Å². The lowest BCUT2D eigenvalue weighted by Gasteiger charge is -2.51. The summed E-state index contributed by atoms with van der Waals surface area (Å²) in [5, 5.41) is 0. The second kappa shape index (κ2) is 3.60.